The van der Waals surface area contributed by atoms with E-state index in [0.29, 0.717) is 40.6 Å². The number of methoxy groups -OCH3 is 2. The monoisotopic (exact) mass is 459 g/mol. The van der Waals surface area contributed by atoms with Crippen molar-refractivity contribution in [1.82, 2.24) is 0 Å². The van der Waals surface area contributed by atoms with Crippen LogP contribution in [0.1, 0.15) is 31.1 Å². The van der Waals surface area contributed by atoms with E-state index in [1.807, 2.05) is 24.3 Å². The summed E-state index contributed by atoms with van der Waals surface area (Å²) in [5.41, 5.74) is 3.26. The number of rotatable bonds is 4. The number of carbonyl (C=O) groups excluding carboxylic acids is 2. The van der Waals surface area contributed by atoms with E-state index in [9.17, 15) is 9.59 Å². The predicted molar refractivity (Wildman–Crippen MR) is 128 cm³/mol. The number of nitrogens with one attached hydrogen (secondary N) is 2. The van der Waals surface area contributed by atoms with Crippen molar-refractivity contribution in [1.29, 1.82) is 0 Å². The second kappa shape index (κ2) is 8.97. The summed E-state index contributed by atoms with van der Waals surface area (Å²) in [4.78, 5) is 28.7. The first-order valence-electron chi connectivity index (χ1n) is 11.1. The van der Waals surface area contributed by atoms with Gasteiger partial charge in [0.25, 0.3) is 0 Å². The minimum Gasteiger partial charge on any atom is -0.497 e. The van der Waals surface area contributed by atoms with Gasteiger partial charge in [-0.15, -0.1) is 0 Å². The molecular formula is C26H25N3O5. The van der Waals surface area contributed by atoms with Crippen molar-refractivity contribution in [3.05, 3.63) is 77.9 Å². The van der Waals surface area contributed by atoms with E-state index in [0.717, 1.165) is 24.2 Å². The molecule has 174 valence electrons. The second-order valence-corrected chi connectivity index (χ2v) is 8.13. The van der Waals surface area contributed by atoms with Crippen molar-refractivity contribution in [3.63, 3.8) is 0 Å². The molecule has 2 aromatic carbocycles. The molecule has 3 aromatic rings. The van der Waals surface area contributed by atoms with E-state index in [1.165, 1.54) is 0 Å². The molecule has 5 rings (SSSR count). The standard InChI is InChI=1S/C26H25N3O5/c1-32-17-13-16(14-18(15-17)33-2)27-26(31)29-21-9-4-3-7-19(21)28-20-8-5-10-22(30)24(20)25(29)23-11-6-12-34-23/h3-4,6-7,9,11-15,25,28H,5,8,10H2,1-2H3,(H,27,31)/t25-/m1/s1. The molecule has 0 bridgehead atoms. The molecule has 0 unspecified atom stereocenters. The summed E-state index contributed by atoms with van der Waals surface area (Å²) < 4.78 is 16.5. The van der Waals surface area contributed by atoms with Gasteiger partial charge in [0.05, 0.1) is 31.9 Å². The van der Waals surface area contributed by atoms with Gasteiger partial charge in [-0.05, 0) is 37.1 Å². The lowest BCUT2D eigenvalue weighted by Gasteiger charge is -2.32. The Labute approximate surface area is 197 Å². The highest BCUT2D eigenvalue weighted by Crippen LogP contribution is 2.45. The number of urea groups is 1. The highest BCUT2D eigenvalue weighted by atomic mass is 16.5. The Kier molecular flexibility index (Phi) is 5.71. The molecule has 2 aliphatic rings. The van der Waals surface area contributed by atoms with Crippen LogP contribution in [-0.4, -0.2) is 26.0 Å². The summed E-state index contributed by atoms with van der Waals surface area (Å²) in [5.74, 6) is 1.61. The van der Waals surface area contributed by atoms with Gasteiger partial charge in [-0.25, -0.2) is 4.79 Å². The van der Waals surface area contributed by atoms with Gasteiger partial charge >= 0.3 is 6.03 Å². The molecule has 8 heteroatoms. The first-order chi connectivity index (χ1) is 16.6. The quantitative estimate of drug-likeness (QED) is 0.535. The van der Waals surface area contributed by atoms with Gasteiger partial charge < -0.3 is 24.5 Å². The molecule has 1 aliphatic heterocycles. The van der Waals surface area contributed by atoms with Gasteiger partial charge in [0.15, 0.2) is 5.78 Å². The molecule has 0 fully saturated rings. The molecule has 0 saturated carbocycles. The third-order valence-electron chi connectivity index (χ3n) is 6.07. The number of nitrogens with zero attached hydrogens (tertiary/aromatic N) is 1. The average Bonchev–Trinajstić information content (AvgIpc) is 3.33. The van der Waals surface area contributed by atoms with Crippen LogP contribution < -0.4 is 25.0 Å². The molecule has 0 spiro atoms. The van der Waals surface area contributed by atoms with Crippen molar-refractivity contribution < 1.29 is 23.5 Å². The summed E-state index contributed by atoms with van der Waals surface area (Å²) in [6.07, 6.45) is 3.45. The maximum Gasteiger partial charge on any atom is 0.327 e. The van der Waals surface area contributed by atoms with Gasteiger partial charge in [-0.3, -0.25) is 9.69 Å². The smallest absolute Gasteiger partial charge is 0.327 e. The molecule has 1 aliphatic carbocycles. The third kappa shape index (κ3) is 3.87. The lowest BCUT2D eigenvalue weighted by molar-refractivity contribution is -0.116. The van der Waals surface area contributed by atoms with Crippen LogP contribution in [0.25, 0.3) is 0 Å². The summed E-state index contributed by atoms with van der Waals surface area (Å²) >= 11 is 0. The Morgan fingerprint density at radius 2 is 1.82 bits per heavy atom. The van der Waals surface area contributed by atoms with E-state index < -0.39 is 12.1 Å². The summed E-state index contributed by atoms with van der Waals surface area (Å²) in [5, 5.41) is 6.38. The number of fused-ring (bicyclic) bond motifs is 1. The van der Waals surface area contributed by atoms with Crippen LogP contribution in [0.4, 0.5) is 21.9 Å². The highest BCUT2D eigenvalue weighted by molar-refractivity contribution is 6.09. The normalized spacial score (nSPS) is 17.3. The first kappa shape index (κ1) is 21.6. The van der Waals surface area contributed by atoms with E-state index in [4.69, 9.17) is 13.9 Å². The first-order valence-corrected chi connectivity index (χ1v) is 11.1. The molecule has 2 amide bonds. The number of anilines is 3. The van der Waals surface area contributed by atoms with Crippen molar-refractivity contribution in [2.45, 2.75) is 25.3 Å². The summed E-state index contributed by atoms with van der Waals surface area (Å²) in [7, 11) is 3.10. The number of furan rings is 1. The number of ketones is 1. The Balaban J connectivity index is 1.64. The van der Waals surface area contributed by atoms with Gasteiger partial charge in [-0.2, -0.15) is 0 Å². The van der Waals surface area contributed by atoms with Crippen LogP contribution >= 0.6 is 0 Å². The zero-order valence-corrected chi connectivity index (χ0v) is 19.0. The molecule has 1 atom stereocenters. The average molecular weight is 460 g/mol. The van der Waals surface area contributed by atoms with E-state index >= 15 is 0 Å². The maximum absolute atomic E-state index is 13.9. The van der Waals surface area contributed by atoms with Crippen molar-refractivity contribution in [3.8, 4) is 11.5 Å². The molecule has 2 N–H and O–H groups in total. The van der Waals surface area contributed by atoms with Crippen molar-refractivity contribution in [2.24, 2.45) is 0 Å². The van der Waals surface area contributed by atoms with Gasteiger partial charge in [0.1, 0.15) is 23.3 Å². The molecule has 2 heterocycles. The van der Waals surface area contributed by atoms with E-state index in [-0.39, 0.29) is 5.78 Å². The number of benzene rings is 2. The minimum atomic E-state index is -0.721. The number of ether oxygens (including phenoxy) is 2. The number of allylic oxidation sites excluding steroid dienone is 1. The molecular weight excluding hydrogens is 434 g/mol. The molecule has 0 saturated heterocycles. The SMILES string of the molecule is COc1cc(NC(=O)N2c3ccccc3NC3=C(C(=O)CCC3)[C@H]2c2ccco2)cc(OC)c1. The lowest BCUT2D eigenvalue weighted by Crippen LogP contribution is -2.40. The van der Waals surface area contributed by atoms with Crippen molar-refractivity contribution >= 4 is 28.9 Å². The molecule has 0 radical (unpaired) electrons. The summed E-state index contributed by atoms with van der Waals surface area (Å²) in [6.45, 7) is 0. The van der Waals surface area contributed by atoms with Gasteiger partial charge in [0.2, 0.25) is 0 Å². The lowest BCUT2D eigenvalue weighted by atomic mass is 9.88. The van der Waals surface area contributed by atoms with Crippen LogP contribution in [0.5, 0.6) is 11.5 Å². The Morgan fingerprint density at radius 3 is 2.53 bits per heavy atom. The molecule has 1 aromatic heterocycles. The fourth-order valence-electron chi connectivity index (χ4n) is 4.54. The van der Waals surface area contributed by atoms with Crippen molar-refractivity contribution in [2.75, 3.05) is 29.8 Å². The van der Waals surface area contributed by atoms with Crippen LogP contribution in [0.3, 0.4) is 0 Å². The van der Waals surface area contributed by atoms with E-state index in [1.54, 1.807) is 55.7 Å². The van der Waals surface area contributed by atoms with Crippen LogP contribution in [0, 0.1) is 0 Å². The Bertz CT molecular complexity index is 1240. The van der Waals surface area contributed by atoms with Crippen LogP contribution in [0.15, 0.2) is 76.5 Å². The van der Waals surface area contributed by atoms with Gasteiger partial charge in [0, 0.05) is 41.6 Å². The van der Waals surface area contributed by atoms with Crippen LogP contribution in [0.2, 0.25) is 0 Å². The topological polar surface area (TPSA) is 93.0 Å². The minimum absolute atomic E-state index is 0.00352. The third-order valence-corrected chi connectivity index (χ3v) is 6.07. The Morgan fingerprint density at radius 1 is 1.06 bits per heavy atom. The maximum atomic E-state index is 13.9. The van der Waals surface area contributed by atoms with Crippen LogP contribution in [-0.2, 0) is 4.79 Å². The number of carbonyl (C=O) groups is 2. The summed E-state index contributed by atoms with van der Waals surface area (Å²) in [6, 6.07) is 15.1. The molecule has 8 nitrogen and oxygen atoms in total. The fraction of sp³-hybridized carbons (Fsp3) is 0.231. The molecule has 34 heavy (non-hydrogen) atoms. The second-order valence-electron chi connectivity index (χ2n) is 8.13. The number of amides is 2. The largest absolute Gasteiger partial charge is 0.497 e. The highest BCUT2D eigenvalue weighted by Gasteiger charge is 2.41. The number of Topliss-reactive ketones (excluding diaryl/α,β-unsaturated/α-hetero) is 1. The van der Waals surface area contributed by atoms with Gasteiger partial charge in [-0.1, -0.05) is 12.1 Å². The fourth-order valence-corrected chi connectivity index (χ4v) is 4.54. The zero-order chi connectivity index (χ0) is 23.7. The number of para-hydroxylation sites is 2. The van der Waals surface area contributed by atoms with E-state index in [2.05, 4.69) is 10.6 Å². The number of hydrogen-bond donors (Lipinski definition) is 2. The zero-order valence-electron chi connectivity index (χ0n) is 19.0. The Hall–Kier alpha value is -4.20. The number of hydrogen-bond acceptors (Lipinski definition) is 6. The predicted octanol–water partition coefficient (Wildman–Crippen LogP) is 5.51.